The first kappa shape index (κ1) is 20.2. The summed E-state index contributed by atoms with van der Waals surface area (Å²) in [5, 5.41) is 7.60. The summed E-state index contributed by atoms with van der Waals surface area (Å²) >= 11 is 5.94. The number of nitrogens with zero attached hydrogens (tertiary/aromatic N) is 3. The van der Waals surface area contributed by atoms with Gasteiger partial charge in [-0.25, -0.2) is 0 Å². The maximum absolute atomic E-state index is 12.4. The monoisotopic (exact) mass is 404 g/mol. The van der Waals surface area contributed by atoms with Gasteiger partial charge < -0.3 is 15.0 Å². The third-order valence-electron chi connectivity index (χ3n) is 4.97. The Labute approximate surface area is 169 Å². The summed E-state index contributed by atoms with van der Waals surface area (Å²) in [4.78, 5) is 26.3. The molecule has 2 aromatic rings. The van der Waals surface area contributed by atoms with Crippen molar-refractivity contribution < 1.29 is 14.3 Å². The highest BCUT2D eigenvalue weighted by molar-refractivity contribution is 6.30. The molecule has 1 saturated heterocycles. The number of benzene rings is 1. The first-order valence-electron chi connectivity index (χ1n) is 9.36. The quantitative estimate of drug-likeness (QED) is 0.802. The molecule has 1 aromatic heterocycles. The van der Waals surface area contributed by atoms with Gasteiger partial charge in [-0.3, -0.25) is 14.3 Å². The summed E-state index contributed by atoms with van der Waals surface area (Å²) in [6, 6.07) is 5.34. The number of ether oxygens (including phenoxy) is 1. The lowest BCUT2D eigenvalue weighted by Crippen LogP contribution is -2.43. The number of nitrogens with one attached hydrogen (secondary N) is 1. The van der Waals surface area contributed by atoms with Crippen LogP contribution in [0.2, 0.25) is 5.02 Å². The van der Waals surface area contributed by atoms with Crippen LogP contribution in [0.1, 0.15) is 28.8 Å². The van der Waals surface area contributed by atoms with E-state index in [-0.39, 0.29) is 18.4 Å². The minimum absolute atomic E-state index is 0.0187. The topological polar surface area (TPSA) is 76.5 Å². The zero-order valence-corrected chi connectivity index (χ0v) is 16.9. The molecule has 0 radical (unpaired) electrons. The van der Waals surface area contributed by atoms with Crippen LogP contribution in [0.5, 0.6) is 5.75 Å². The van der Waals surface area contributed by atoms with Crippen LogP contribution in [-0.4, -0.2) is 52.7 Å². The molecule has 1 aromatic carbocycles. The second kappa shape index (κ2) is 9.10. The van der Waals surface area contributed by atoms with E-state index in [1.807, 2.05) is 17.9 Å². The van der Waals surface area contributed by atoms with E-state index in [4.69, 9.17) is 16.3 Å². The highest BCUT2D eigenvalue weighted by Crippen LogP contribution is 2.22. The van der Waals surface area contributed by atoms with E-state index in [1.54, 1.807) is 36.3 Å². The second-order valence-electron chi connectivity index (χ2n) is 7.14. The van der Waals surface area contributed by atoms with E-state index in [2.05, 4.69) is 10.4 Å². The first-order chi connectivity index (χ1) is 13.4. The Morgan fingerprint density at radius 2 is 2.07 bits per heavy atom. The van der Waals surface area contributed by atoms with E-state index in [0.29, 0.717) is 41.9 Å². The fraction of sp³-hybridized carbons (Fsp3) is 0.450. The summed E-state index contributed by atoms with van der Waals surface area (Å²) in [6.45, 7) is 3.88. The zero-order valence-electron chi connectivity index (χ0n) is 16.2. The second-order valence-corrected chi connectivity index (χ2v) is 7.57. The number of hydrogen-bond donors (Lipinski definition) is 1. The number of halogens is 1. The number of likely N-dealkylation sites (tertiary alicyclic amines) is 1. The number of amides is 2. The van der Waals surface area contributed by atoms with Crippen molar-refractivity contribution >= 4 is 23.4 Å². The highest BCUT2D eigenvalue weighted by atomic mass is 35.5. The lowest BCUT2D eigenvalue weighted by Gasteiger charge is -2.32. The maximum atomic E-state index is 12.4. The maximum Gasteiger partial charge on any atom is 0.260 e. The molecule has 1 fully saturated rings. The molecule has 0 bridgehead atoms. The van der Waals surface area contributed by atoms with Crippen molar-refractivity contribution in [3.8, 4) is 5.75 Å². The van der Waals surface area contributed by atoms with Gasteiger partial charge in [-0.05, 0) is 49.4 Å². The summed E-state index contributed by atoms with van der Waals surface area (Å²) < 4.78 is 7.25. The van der Waals surface area contributed by atoms with Crippen LogP contribution in [0, 0.1) is 12.8 Å². The SMILES string of the molecule is Cc1cc(Cl)ccc1OCC(=O)N1CCC(CNC(=O)c2cnn(C)c2)CC1. The molecular weight excluding hydrogens is 380 g/mol. The molecule has 0 atom stereocenters. The predicted molar refractivity (Wildman–Crippen MR) is 107 cm³/mol. The van der Waals surface area contributed by atoms with Gasteiger partial charge in [-0.15, -0.1) is 0 Å². The van der Waals surface area contributed by atoms with Crippen molar-refractivity contribution in [2.75, 3.05) is 26.2 Å². The molecular formula is C20H25ClN4O3. The molecule has 0 spiro atoms. The summed E-state index contributed by atoms with van der Waals surface area (Å²) in [5.41, 5.74) is 1.47. The largest absolute Gasteiger partial charge is 0.483 e. The summed E-state index contributed by atoms with van der Waals surface area (Å²) in [5.74, 6) is 0.903. The Bertz CT molecular complexity index is 844. The van der Waals surface area contributed by atoms with Crippen molar-refractivity contribution in [1.82, 2.24) is 20.0 Å². The van der Waals surface area contributed by atoms with Crippen LogP contribution in [-0.2, 0) is 11.8 Å². The normalized spacial score (nSPS) is 14.8. The van der Waals surface area contributed by atoms with Gasteiger partial charge in [0.2, 0.25) is 0 Å². The standard InChI is InChI=1S/C20H25ClN4O3/c1-14-9-17(21)3-4-18(14)28-13-19(26)25-7-5-15(6-8-25)10-22-20(27)16-11-23-24(2)12-16/h3-4,9,11-12,15H,5-8,10,13H2,1-2H3,(H,22,27). The lowest BCUT2D eigenvalue weighted by atomic mass is 9.96. The highest BCUT2D eigenvalue weighted by Gasteiger charge is 2.23. The van der Waals surface area contributed by atoms with Gasteiger partial charge in [0.15, 0.2) is 6.61 Å². The minimum atomic E-state index is -0.113. The molecule has 1 aliphatic rings. The average molecular weight is 405 g/mol. The molecule has 2 heterocycles. The van der Waals surface area contributed by atoms with Crippen LogP contribution in [0.15, 0.2) is 30.6 Å². The number of rotatable bonds is 6. The van der Waals surface area contributed by atoms with Crippen molar-refractivity contribution in [1.29, 1.82) is 0 Å². The van der Waals surface area contributed by atoms with E-state index >= 15 is 0 Å². The van der Waals surface area contributed by atoms with E-state index < -0.39 is 0 Å². The van der Waals surface area contributed by atoms with Crippen LogP contribution in [0.25, 0.3) is 0 Å². The Balaban J connectivity index is 1.39. The minimum Gasteiger partial charge on any atom is -0.483 e. The van der Waals surface area contributed by atoms with Crippen LogP contribution in [0.4, 0.5) is 0 Å². The third kappa shape index (κ3) is 5.25. The Kier molecular flexibility index (Phi) is 6.57. The van der Waals surface area contributed by atoms with Gasteiger partial charge in [0.25, 0.3) is 11.8 Å². The van der Waals surface area contributed by atoms with E-state index in [0.717, 1.165) is 18.4 Å². The van der Waals surface area contributed by atoms with Gasteiger partial charge in [0.1, 0.15) is 5.75 Å². The molecule has 2 amide bonds. The number of aryl methyl sites for hydroxylation is 2. The van der Waals surface area contributed by atoms with E-state index in [9.17, 15) is 9.59 Å². The Morgan fingerprint density at radius 3 is 2.71 bits per heavy atom. The van der Waals surface area contributed by atoms with Gasteiger partial charge in [0.05, 0.1) is 11.8 Å². The van der Waals surface area contributed by atoms with Gasteiger partial charge in [-0.1, -0.05) is 11.6 Å². The lowest BCUT2D eigenvalue weighted by molar-refractivity contribution is -0.134. The molecule has 0 saturated carbocycles. The van der Waals surface area contributed by atoms with Gasteiger partial charge >= 0.3 is 0 Å². The molecule has 28 heavy (non-hydrogen) atoms. The van der Waals surface area contributed by atoms with Gasteiger partial charge in [-0.2, -0.15) is 5.10 Å². The van der Waals surface area contributed by atoms with Crippen LogP contribution in [0.3, 0.4) is 0 Å². The fourth-order valence-corrected chi connectivity index (χ4v) is 3.50. The molecule has 1 N–H and O–H groups in total. The zero-order chi connectivity index (χ0) is 20.1. The summed E-state index contributed by atoms with van der Waals surface area (Å²) in [7, 11) is 1.78. The molecule has 3 rings (SSSR count). The molecule has 8 heteroatoms. The molecule has 0 unspecified atom stereocenters. The predicted octanol–water partition coefficient (Wildman–Crippen LogP) is 2.43. The number of aromatic nitrogens is 2. The van der Waals surface area contributed by atoms with Crippen LogP contribution >= 0.6 is 11.6 Å². The van der Waals surface area contributed by atoms with Crippen molar-refractivity contribution in [3.63, 3.8) is 0 Å². The number of carbonyl (C=O) groups excluding carboxylic acids is 2. The van der Waals surface area contributed by atoms with Gasteiger partial charge in [0, 0.05) is 37.9 Å². The van der Waals surface area contributed by atoms with Crippen molar-refractivity contribution in [2.24, 2.45) is 13.0 Å². The number of hydrogen-bond acceptors (Lipinski definition) is 4. The third-order valence-corrected chi connectivity index (χ3v) is 5.21. The molecule has 1 aliphatic heterocycles. The number of piperidine rings is 1. The molecule has 150 valence electrons. The molecule has 7 nitrogen and oxygen atoms in total. The van der Waals surface area contributed by atoms with Crippen molar-refractivity contribution in [3.05, 3.63) is 46.7 Å². The van der Waals surface area contributed by atoms with Crippen molar-refractivity contribution in [2.45, 2.75) is 19.8 Å². The van der Waals surface area contributed by atoms with Crippen LogP contribution < -0.4 is 10.1 Å². The first-order valence-corrected chi connectivity index (χ1v) is 9.73. The number of carbonyl (C=O) groups is 2. The van der Waals surface area contributed by atoms with E-state index in [1.165, 1.54) is 0 Å². The Morgan fingerprint density at radius 1 is 1.32 bits per heavy atom. The fourth-order valence-electron chi connectivity index (χ4n) is 3.27. The Hall–Kier alpha value is -2.54. The smallest absolute Gasteiger partial charge is 0.260 e. The summed E-state index contributed by atoms with van der Waals surface area (Å²) in [6.07, 6.45) is 4.97. The molecule has 0 aliphatic carbocycles. The average Bonchev–Trinajstić information content (AvgIpc) is 3.12.